The summed E-state index contributed by atoms with van der Waals surface area (Å²) in [5, 5.41) is 9.01. The molecule has 9 nitrogen and oxygen atoms in total. The molecular formula is C23H24N6O3S. The van der Waals surface area contributed by atoms with Crippen molar-refractivity contribution >= 4 is 45.6 Å². The van der Waals surface area contributed by atoms with Crippen LogP contribution in [-0.4, -0.2) is 40.7 Å². The largest absolute Gasteiger partial charge is 0.386 e. The number of fused-ring (bicyclic) bond motifs is 1. The van der Waals surface area contributed by atoms with E-state index in [2.05, 4.69) is 25.8 Å². The number of aryl methyl sites for hydroxylation is 1. The van der Waals surface area contributed by atoms with E-state index in [0.717, 1.165) is 22.4 Å². The number of imidazole rings is 1. The van der Waals surface area contributed by atoms with Crippen LogP contribution in [0.15, 0.2) is 54.0 Å². The van der Waals surface area contributed by atoms with Crippen molar-refractivity contribution in [1.82, 2.24) is 14.5 Å². The molecular weight excluding hydrogens is 440 g/mol. The van der Waals surface area contributed by atoms with Gasteiger partial charge in [0.2, 0.25) is 5.95 Å². The van der Waals surface area contributed by atoms with Crippen molar-refractivity contribution in [3.63, 3.8) is 0 Å². The molecule has 4 rings (SSSR count). The lowest BCUT2D eigenvalue weighted by Crippen LogP contribution is -2.15. The maximum atomic E-state index is 13.0. The van der Waals surface area contributed by atoms with Crippen LogP contribution >= 0.6 is 11.3 Å². The number of nitroso groups, excluding NO2 is 1. The van der Waals surface area contributed by atoms with E-state index in [9.17, 15) is 9.70 Å². The Balaban J connectivity index is 1.64. The first kappa shape index (κ1) is 22.6. The van der Waals surface area contributed by atoms with Gasteiger partial charge in [-0.25, -0.2) is 4.98 Å². The maximum absolute atomic E-state index is 13.0. The monoisotopic (exact) mass is 464 g/mol. The molecule has 4 aromatic rings. The van der Waals surface area contributed by atoms with Gasteiger partial charge in [0.15, 0.2) is 0 Å². The summed E-state index contributed by atoms with van der Waals surface area (Å²) in [6, 6.07) is 11.0. The summed E-state index contributed by atoms with van der Waals surface area (Å²) in [4.78, 5) is 34.4. The smallest absolute Gasteiger partial charge is 0.268 e. The molecule has 0 aliphatic carbocycles. The molecule has 0 saturated heterocycles. The molecule has 0 saturated carbocycles. The van der Waals surface area contributed by atoms with Crippen molar-refractivity contribution in [3.05, 3.63) is 58.6 Å². The Morgan fingerprint density at radius 1 is 1.21 bits per heavy atom. The van der Waals surface area contributed by atoms with Gasteiger partial charge in [-0.1, -0.05) is 0 Å². The number of hydrogen-bond donors (Lipinski definition) is 2. The van der Waals surface area contributed by atoms with Gasteiger partial charge < -0.3 is 14.6 Å². The second-order valence-electron chi connectivity index (χ2n) is 7.19. The van der Waals surface area contributed by atoms with E-state index >= 15 is 0 Å². The minimum absolute atomic E-state index is 0.246. The van der Waals surface area contributed by atoms with Crippen LogP contribution in [0.4, 0.5) is 17.3 Å². The van der Waals surface area contributed by atoms with E-state index in [0.29, 0.717) is 41.8 Å². The number of benzene rings is 1. The predicted octanol–water partition coefficient (Wildman–Crippen LogP) is 5.28. The molecule has 0 atom stereocenters. The lowest BCUT2D eigenvalue weighted by atomic mass is 10.2. The fourth-order valence-electron chi connectivity index (χ4n) is 3.52. The molecule has 0 aliphatic heterocycles. The predicted molar refractivity (Wildman–Crippen MR) is 131 cm³/mol. The lowest BCUT2D eigenvalue weighted by Gasteiger charge is -2.11. The van der Waals surface area contributed by atoms with Gasteiger partial charge in [0.05, 0.1) is 21.6 Å². The van der Waals surface area contributed by atoms with Crippen molar-refractivity contribution in [2.75, 3.05) is 30.9 Å². The molecule has 3 aromatic heterocycles. The Labute approximate surface area is 194 Å². The summed E-state index contributed by atoms with van der Waals surface area (Å²) in [6.45, 7) is 3.78. The quantitative estimate of drug-likeness (QED) is 0.244. The molecule has 0 unspecified atom stereocenters. The third-order valence-corrected chi connectivity index (χ3v) is 6.26. The van der Waals surface area contributed by atoms with Crippen LogP contribution in [-0.2, 0) is 11.3 Å². The molecule has 0 bridgehead atoms. The summed E-state index contributed by atoms with van der Waals surface area (Å²) in [5.41, 5.74) is 3.25. The second-order valence-corrected chi connectivity index (χ2v) is 8.27. The zero-order valence-corrected chi connectivity index (χ0v) is 19.2. The van der Waals surface area contributed by atoms with Gasteiger partial charge in [0, 0.05) is 44.1 Å². The maximum Gasteiger partial charge on any atom is 0.268 e. The highest BCUT2D eigenvalue weighted by atomic mass is 32.1. The van der Waals surface area contributed by atoms with E-state index in [1.165, 1.54) is 11.3 Å². The molecule has 0 radical (unpaired) electrons. The highest BCUT2D eigenvalue weighted by Crippen LogP contribution is 2.33. The summed E-state index contributed by atoms with van der Waals surface area (Å²) in [7, 11) is 1.73. The molecule has 1 amide bonds. The number of nitrogens with zero attached hydrogens (tertiary/aromatic N) is 4. The number of pyridine rings is 1. The number of thiophene rings is 1. The van der Waals surface area contributed by atoms with Gasteiger partial charge >= 0.3 is 0 Å². The number of carbonyl (C=O) groups excluding carboxylic acids is 1. The summed E-state index contributed by atoms with van der Waals surface area (Å²) < 4.78 is 7.40. The molecule has 170 valence electrons. The minimum atomic E-state index is -0.246. The highest BCUT2D eigenvalue weighted by molar-refractivity contribution is 7.17. The Morgan fingerprint density at radius 3 is 2.76 bits per heavy atom. The number of nitrogens with one attached hydrogen (secondary N) is 2. The van der Waals surface area contributed by atoms with Crippen LogP contribution in [0.1, 0.15) is 23.0 Å². The Hall–Kier alpha value is -3.63. The van der Waals surface area contributed by atoms with Crippen molar-refractivity contribution in [3.8, 4) is 10.4 Å². The van der Waals surface area contributed by atoms with Crippen molar-refractivity contribution < 1.29 is 9.53 Å². The minimum Gasteiger partial charge on any atom is -0.386 e. The van der Waals surface area contributed by atoms with E-state index in [1.807, 2.05) is 35.8 Å². The molecule has 3 heterocycles. The molecule has 10 heteroatoms. The zero-order chi connectivity index (χ0) is 23.2. The van der Waals surface area contributed by atoms with Crippen LogP contribution in [0.3, 0.4) is 0 Å². The van der Waals surface area contributed by atoms with Gasteiger partial charge in [-0.15, -0.1) is 16.2 Å². The van der Waals surface area contributed by atoms with Crippen LogP contribution < -0.4 is 10.6 Å². The number of aromatic nitrogens is 3. The first-order valence-electron chi connectivity index (χ1n) is 10.6. The van der Waals surface area contributed by atoms with Gasteiger partial charge in [-0.05, 0) is 60.5 Å². The molecule has 1 aromatic carbocycles. The van der Waals surface area contributed by atoms with E-state index in [1.54, 1.807) is 31.6 Å². The van der Waals surface area contributed by atoms with E-state index in [4.69, 9.17) is 4.74 Å². The van der Waals surface area contributed by atoms with E-state index < -0.39 is 0 Å². The molecule has 0 fully saturated rings. The highest BCUT2D eigenvalue weighted by Gasteiger charge is 2.18. The van der Waals surface area contributed by atoms with Crippen molar-refractivity contribution in [2.24, 2.45) is 5.18 Å². The first-order valence-corrected chi connectivity index (χ1v) is 11.4. The topological polar surface area (TPSA) is 110 Å². The molecule has 0 aliphatic rings. The first-order chi connectivity index (χ1) is 16.1. The van der Waals surface area contributed by atoms with Gasteiger partial charge in [0.1, 0.15) is 5.69 Å². The SMILES string of the molecule is CCOCCCn1c(NC(=O)c2ccc(-c3ccncc3)s2)nc2cc(N=O)c(NC)cc21. The fourth-order valence-corrected chi connectivity index (χ4v) is 4.43. The normalized spacial score (nSPS) is 11.0. The number of anilines is 2. The lowest BCUT2D eigenvalue weighted by molar-refractivity contribution is 0.102. The Morgan fingerprint density at radius 2 is 2.03 bits per heavy atom. The summed E-state index contributed by atoms with van der Waals surface area (Å²) >= 11 is 1.40. The van der Waals surface area contributed by atoms with Crippen LogP contribution in [0, 0.1) is 4.91 Å². The average Bonchev–Trinajstić information content (AvgIpc) is 3.46. The van der Waals surface area contributed by atoms with Crippen LogP contribution in [0.5, 0.6) is 0 Å². The number of carbonyl (C=O) groups is 1. The molecule has 0 spiro atoms. The zero-order valence-electron chi connectivity index (χ0n) is 18.4. The third-order valence-electron chi connectivity index (χ3n) is 5.13. The standard InChI is InChI=1S/C23H24N6O3S/c1-3-32-12-4-11-29-19-14-16(24-2)17(28-31)13-18(19)26-23(29)27-22(30)21-6-5-20(33-21)15-7-9-25-10-8-15/h5-10,13-14,24H,3-4,11-12H2,1-2H3,(H,26,27,30). The van der Waals surface area contributed by atoms with E-state index in [-0.39, 0.29) is 11.6 Å². The Kier molecular flexibility index (Phi) is 7.06. The van der Waals surface area contributed by atoms with Gasteiger partial charge in [-0.2, -0.15) is 0 Å². The van der Waals surface area contributed by atoms with Crippen LogP contribution in [0.2, 0.25) is 0 Å². The van der Waals surface area contributed by atoms with Crippen molar-refractivity contribution in [1.29, 1.82) is 0 Å². The van der Waals surface area contributed by atoms with Gasteiger partial charge in [-0.3, -0.25) is 15.1 Å². The third kappa shape index (κ3) is 4.91. The number of amides is 1. The summed E-state index contributed by atoms with van der Waals surface area (Å²) in [6.07, 6.45) is 4.19. The number of hydrogen-bond acceptors (Lipinski definition) is 8. The number of ether oxygens (including phenoxy) is 1. The van der Waals surface area contributed by atoms with Gasteiger partial charge in [0.25, 0.3) is 5.91 Å². The average molecular weight is 465 g/mol. The summed E-state index contributed by atoms with van der Waals surface area (Å²) in [5.74, 6) is 0.166. The fraction of sp³-hybridized carbons (Fsp3) is 0.261. The van der Waals surface area contributed by atoms with Crippen LogP contribution in [0.25, 0.3) is 21.5 Å². The second kappa shape index (κ2) is 10.3. The molecule has 2 N–H and O–H groups in total. The van der Waals surface area contributed by atoms with Crippen molar-refractivity contribution in [2.45, 2.75) is 19.9 Å². The number of rotatable bonds is 10. The molecule has 33 heavy (non-hydrogen) atoms. The Bertz CT molecular complexity index is 1270.